The number of hydrogen-bond donors (Lipinski definition) is 3. The van der Waals surface area contributed by atoms with Crippen LogP contribution >= 0.6 is 0 Å². The molecule has 5 nitrogen and oxygen atoms in total. The van der Waals surface area contributed by atoms with Crippen LogP contribution in [0.25, 0.3) is 0 Å². The molecule has 0 aromatic heterocycles. The molecule has 0 aliphatic heterocycles. The molecular weight excluding hydrogens is 268 g/mol. The van der Waals surface area contributed by atoms with Crippen molar-refractivity contribution in [3.05, 3.63) is 35.4 Å². The molecule has 1 fully saturated rings. The van der Waals surface area contributed by atoms with Crippen molar-refractivity contribution in [2.24, 2.45) is 0 Å². The zero-order valence-corrected chi connectivity index (χ0v) is 12.3. The van der Waals surface area contributed by atoms with Gasteiger partial charge in [0.25, 0.3) is 0 Å². The number of aliphatic hydroxyl groups is 1. The van der Waals surface area contributed by atoms with E-state index < -0.39 is 17.4 Å². The van der Waals surface area contributed by atoms with Gasteiger partial charge in [-0.3, -0.25) is 9.59 Å². The van der Waals surface area contributed by atoms with Crippen molar-refractivity contribution in [3.63, 3.8) is 0 Å². The van der Waals surface area contributed by atoms with E-state index in [4.69, 9.17) is 0 Å². The molecule has 0 radical (unpaired) electrons. The Bertz CT molecular complexity index is 505. The Hall–Kier alpha value is -1.88. The van der Waals surface area contributed by atoms with Crippen molar-refractivity contribution in [1.82, 2.24) is 10.6 Å². The van der Waals surface area contributed by atoms with Gasteiger partial charge in [0.15, 0.2) is 0 Å². The van der Waals surface area contributed by atoms with E-state index in [1.165, 1.54) is 0 Å². The van der Waals surface area contributed by atoms with Gasteiger partial charge >= 0.3 is 11.8 Å². The van der Waals surface area contributed by atoms with E-state index in [-0.39, 0.29) is 6.54 Å². The Morgan fingerprint density at radius 2 is 1.67 bits per heavy atom. The van der Waals surface area contributed by atoms with Gasteiger partial charge in [-0.05, 0) is 25.3 Å². The van der Waals surface area contributed by atoms with Crippen LogP contribution in [0.5, 0.6) is 0 Å². The predicted molar refractivity (Wildman–Crippen MR) is 79.5 cm³/mol. The molecule has 21 heavy (non-hydrogen) atoms. The van der Waals surface area contributed by atoms with Gasteiger partial charge in [0, 0.05) is 13.1 Å². The molecule has 1 aliphatic rings. The second-order valence-electron chi connectivity index (χ2n) is 5.78. The molecule has 0 unspecified atom stereocenters. The highest BCUT2D eigenvalue weighted by atomic mass is 16.3. The van der Waals surface area contributed by atoms with Gasteiger partial charge in [0.1, 0.15) is 0 Å². The third kappa shape index (κ3) is 4.56. The largest absolute Gasteiger partial charge is 0.388 e. The maximum Gasteiger partial charge on any atom is 0.309 e. The molecule has 1 aliphatic carbocycles. The molecule has 0 heterocycles. The summed E-state index contributed by atoms with van der Waals surface area (Å²) in [6.07, 6.45) is 3.29. The highest BCUT2D eigenvalue weighted by molar-refractivity contribution is 6.35. The smallest absolute Gasteiger partial charge is 0.309 e. The molecule has 0 saturated heterocycles. The monoisotopic (exact) mass is 290 g/mol. The summed E-state index contributed by atoms with van der Waals surface area (Å²) in [5.74, 6) is -1.36. The Labute approximate surface area is 124 Å². The van der Waals surface area contributed by atoms with Crippen LogP contribution in [0.2, 0.25) is 0 Å². The van der Waals surface area contributed by atoms with E-state index in [1.54, 1.807) is 0 Å². The number of hydrogen-bond acceptors (Lipinski definition) is 3. The first-order valence-corrected chi connectivity index (χ1v) is 7.32. The number of carbonyl (C=O) groups is 2. The van der Waals surface area contributed by atoms with Crippen LogP contribution in [-0.2, 0) is 16.1 Å². The molecule has 114 valence electrons. The average Bonchev–Trinajstić information content (AvgIpc) is 2.91. The third-order valence-electron chi connectivity index (χ3n) is 3.89. The van der Waals surface area contributed by atoms with E-state index in [1.807, 2.05) is 31.2 Å². The predicted octanol–water partition coefficient (Wildman–Crippen LogP) is 1.03. The minimum atomic E-state index is -0.840. The van der Waals surface area contributed by atoms with E-state index in [9.17, 15) is 14.7 Å². The first-order chi connectivity index (χ1) is 9.98. The topological polar surface area (TPSA) is 78.4 Å². The molecule has 0 spiro atoms. The second-order valence-corrected chi connectivity index (χ2v) is 5.78. The van der Waals surface area contributed by atoms with Crippen molar-refractivity contribution in [1.29, 1.82) is 0 Å². The summed E-state index contributed by atoms with van der Waals surface area (Å²) in [4.78, 5) is 23.4. The summed E-state index contributed by atoms with van der Waals surface area (Å²) in [6, 6.07) is 7.73. The van der Waals surface area contributed by atoms with E-state index in [2.05, 4.69) is 10.6 Å². The molecular formula is C16H22N2O3. The van der Waals surface area contributed by atoms with Crippen LogP contribution in [0.15, 0.2) is 24.3 Å². The van der Waals surface area contributed by atoms with Gasteiger partial charge in [-0.2, -0.15) is 0 Å². The molecule has 1 aromatic carbocycles. The third-order valence-corrected chi connectivity index (χ3v) is 3.89. The molecule has 1 aromatic rings. The average molecular weight is 290 g/mol. The summed E-state index contributed by atoms with van der Waals surface area (Å²) in [5, 5.41) is 15.2. The van der Waals surface area contributed by atoms with Crippen LogP contribution in [0.4, 0.5) is 0 Å². The highest BCUT2D eigenvalue weighted by Gasteiger charge is 2.31. The van der Waals surface area contributed by atoms with Crippen molar-refractivity contribution in [2.75, 3.05) is 6.54 Å². The fraction of sp³-hybridized carbons (Fsp3) is 0.500. The fourth-order valence-corrected chi connectivity index (χ4v) is 2.50. The summed E-state index contributed by atoms with van der Waals surface area (Å²) < 4.78 is 0. The van der Waals surface area contributed by atoms with Crippen molar-refractivity contribution in [2.45, 2.75) is 44.8 Å². The lowest BCUT2D eigenvalue weighted by atomic mass is 10.0. The zero-order valence-electron chi connectivity index (χ0n) is 12.3. The fourth-order valence-electron chi connectivity index (χ4n) is 2.50. The van der Waals surface area contributed by atoms with Crippen LogP contribution in [0.1, 0.15) is 36.8 Å². The lowest BCUT2D eigenvalue weighted by Gasteiger charge is -2.22. The summed E-state index contributed by atoms with van der Waals surface area (Å²) >= 11 is 0. The van der Waals surface area contributed by atoms with Gasteiger partial charge in [-0.1, -0.05) is 42.7 Å². The second kappa shape index (κ2) is 6.72. The SMILES string of the molecule is Cc1ccc(CNC(=O)C(=O)NCC2(O)CCCC2)cc1. The number of carbonyl (C=O) groups excluding carboxylic acids is 2. The minimum absolute atomic E-state index is 0.143. The molecule has 3 N–H and O–H groups in total. The summed E-state index contributed by atoms with van der Waals surface area (Å²) in [7, 11) is 0. The Kier molecular flexibility index (Phi) is 4.96. The standard InChI is InChI=1S/C16H22N2O3/c1-12-4-6-13(7-5-12)10-17-14(19)15(20)18-11-16(21)8-2-3-9-16/h4-7,21H,2-3,8-11H2,1H3,(H,17,19)(H,18,20). The van der Waals surface area contributed by atoms with Crippen LogP contribution < -0.4 is 10.6 Å². The zero-order chi connectivity index (χ0) is 15.3. The van der Waals surface area contributed by atoms with E-state index in [0.717, 1.165) is 24.0 Å². The first-order valence-electron chi connectivity index (χ1n) is 7.32. The van der Waals surface area contributed by atoms with Crippen molar-refractivity contribution < 1.29 is 14.7 Å². The van der Waals surface area contributed by atoms with Crippen LogP contribution in [0.3, 0.4) is 0 Å². The van der Waals surface area contributed by atoms with Gasteiger partial charge in [-0.15, -0.1) is 0 Å². The quantitative estimate of drug-likeness (QED) is 0.725. The number of aryl methyl sites for hydroxylation is 1. The lowest BCUT2D eigenvalue weighted by molar-refractivity contribution is -0.139. The maximum atomic E-state index is 11.7. The molecule has 0 atom stereocenters. The summed E-state index contributed by atoms with van der Waals surface area (Å²) in [5.41, 5.74) is 1.25. The molecule has 2 amide bonds. The van der Waals surface area contributed by atoms with Crippen molar-refractivity contribution in [3.8, 4) is 0 Å². The summed E-state index contributed by atoms with van der Waals surface area (Å²) in [6.45, 7) is 2.45. The Morgan fingerprint density at radius 3 is 2.29 bits per heavy atom. The van der Waals surface area contributed by atoms with E-state index in [0.29, 0.717) is 19.4 Å². The molecule has 1 saturated carbocycles. The minimum Gasteiger partial charge on any atom is -0.388 e. The van der Waals surface area contributed by atoms with Crippen LogP contribution in [0, 0.1) is 6.92 Å². The normalized spacial score (nSPS) is 16.5. The van der Waals surface area contributed by atoms with E-state index >= 15 is 0 Å². The van der Waals surface area contributed by atoms with Crippen molar-refractivity contribution >= 4 is 11.8 Å². The Morgan fingerprint density at radius 1 is 1.10 bits per heavy atom. The highest BCUT2D eigenvalue weighted by Crippen LogP contribution is 2.28. The number of rotatable bonds is 4. The molecule has 5 heteroatoms. The number of amides is 2. The first kappa shape index (κ1) is 15.5. The van der Waals surface area contributed by atoms with Gasteiger partial charge in [-0.25, -0.2) is 0 Å². The molecule has 0 bridgehead atoms. The number of benzene rings is 1. The van der Waals surface area contributed by atoms with Gasteiger partial charge in [0.05, 0.1) is 5.60 Å². The van der Waals surface area contributed by atoms with Gasteiger partial charge in [0.2, 0.25) is 0 Å². The number of nitrogens with one attached hydrogen (secondary N) is 2. The van der Waals surface area contributed by atoms with Gasteiger partial charge < -0.3 is 15.7 Å². The Balaban J connectivity index is 1.74. The molecule has 2 rings (SSSR count). The van der Waals surface area contributed by atoms with Crippen LogP contribution in [-0.4, -0.2) is 29.1 Å². The maximum absolute atomic E-state index is 11.7. The lowest BCUT2D eigenvalue weighted by Crippen LogP contribution is -2.46.